The van der Waals surface area contributed by atoms with Gasteiger partial charge in [0, 0.05) is 30.7 Å². The quantitative estimate of drug-likeness (QED) is 0.641. The van der Waals surface area contributed by atoms with Crippen LogP contribution in [0.4, 0.5) is 23.2 Å². The zero-order chi connectivity index (χ0) is 23.4. The SMILES string of the molecule is COc1c(N2CCC(C(N)COC(F)(F)F)C2)c(F)c(C)c2c(=O)[nH]c(=O)n(C3CC3)c12. The molecular weight excluding hydrogens is 436 g/mol. The Hall–Kier alpha value is -2.60. The molecule has 0 spiro atoms. The Morgan fingerprint density at radius 3 is 2.53 bits per heavy atom. The number of anilines is 1. The molecule has 1 aliphatic heterocycles. The van der Waals surface area contributed by atoms with Crippen molar-refractivity contribution in [1.29, 1.82) is 0 Å². The molecule has 2 fully saturated rings. The number of aromatic amines is 1. The van der Waals surface area contributed by atoms with Crippen LogP contribution in [0, 0.1) is 18.7 Å². The summed E-state index contributed by atoms with van der Waals surface area (Å²) in [4.78, 5) is 29.0. The number of aromatic nitrogens is 2. The minimum atomic E-state index is -4.78. The minimum absolute atomic E-state index is 0.0422. The summed E-state index contributed by atoms with van der Waals surface area (Å²) in [6, 6.07) is -1.02. The van der Waals surface area contributed by atoms with Gasteiger partial charge in [-0.05, 0) is 32.1 Å². The number of fused-ring (bicyclic) bond motifs is 1. The molecule has 8 nitrogen and oxygen atoms in total. The van der Waals surface area contributed by atoms with E-state index in [2.05, 4.69) is 9.72 Å². The molecule has 3 N–H and O–H groups in total. The monoisotopic (exact) mass is 460 g/mol. The normalized spacial score (nSPS) is 20.2. The molecule has 1 aromatic heterocycles. The van der Waals surface area contributed by atoms with E-state index in [-0.39, 0.29) is 46.4 Å². The first-order valence-corrected chi connectivity index (χ1v) is 10.3. The minimum Gasteiger partial charge on any atom is -0.492 e. The second-order valence-electron chi connectivity index (χ2n) is 8.32. The molecule has 1 saturated carbocycles. The average molecular weight is 460 g/mol. The van der Waals surface area contributed by atoms with Crippen molar-refractivity contribution in [2.24, 2.45) is 11.7 Å². The number of nitrogens with zero attached hydrogens (tertiary/aromatic N) is 2. The molecule has 2 aliphatic rings. The highest BCUT2D eigenvalue weighted by Gasteiger charge is 2.37. The number of nitrogens with one attached hydrogen (secondary N) is 1. The van der Waals surface area contributed by atoms with Crippen LogP contribution in [-0.4, -0.2) is 48.8 Å². The molecule has 2 aromatic rings. The van der Waals surface area contributed by atoms with Gasteiger partial charge in [0.1, 0.15) is 11.2 Å². The van der Waals surface area contributed by atoms with Gasteiger partial charge in [-0.3, -0.25) is 19.1 Å². The standard InChI is InChI=1S/C20H24F4N4O4/c1-9-13-15(28(11-3-4-11)19(30)26-18(13)29)17(31-2)16(14(9)21)27-6-5-10(7-27)12(25)8-32-20(22,23)24/h10-12H,3-8,25H2,1-2H3,(H,26,29,30). The third-order valence-electron chi connectivity index (χ3n) is 6.19. The lowest BCUT2D eigenvalue weighted by atomic mass is 10.0. The Morgan fingerprint density at radius 2 is 1.94 bits per heavy atom. The fourth-order valence-electron chi connectivity index (χ4n) is 4.44. The van der Waals surface area contributed by atoms with Gasteiger partial charge in [0.15, 0.2) is 11.6 Å². The van der Waals surface area contributed by atoms with Crippen molar-refractivity contribution in [1.82, 2.24) is 9.55 Å². The predicted molar refractivity (Wildman–Crippen MR) is 109 cm³/mol. The van der Waals surface area contributed by atoms with E-state index in [1.54, 1.807) is 4.90 Å². The molecule has 176 valence electrons. The Bertz CT molecular complexity index is 1160. The highest BCUT2D eigenvalue weighted by molar-refractivity contribution is 5.93. The lowest BCUT2D eigenvalue weighted by Gasteiger charge is -2.26. The van der Waals surface area contributed by atoms with E-state index in [1.807, 2.05) is 0 Å². The van der Waals surface area contributed by atoms with Crippen molar-refractivity contribution in [2.45, 2.75) is 44.6 Å². The summed E-state index contributed by atoms with van der Waals surface area (Å²) in [5, 5.41) is 0.0422. The highest BCUT2D eigenvalue weighted by Crippen LogP contribution is 2.45. The molecule has 2 heterocycles. The van der Waals surface area contributed by atoms with E-state index < -0.39 is 36.1 Å². The summed E-state index contributed by atoms with van der Waals surface area (Å²) in [6.45, 7) is 1.25. The topological polar surface area (TPSA) is 103 Å². The van der Waals surface area contributed by atoms with E-state index in [4.69, 9.17) is 10.5 Å². The van der Waals surface area contributed by atoms with Gasteiger partial charge in [0.2, 0.25) is 0 Å². The zero-order valence-corrected chi connectivity index (χ0v) is 17.6. The van der Waals surface area contributed by atoms with E-state index in [0.717, 1.165) is 12.8 Å². The van der Waals surface area contributed by atoms with Gasteiger partial charge in [0.25, 0.3) is 5.56 Å². The number of nitrogens with two attached hydrogens (primary N) is 1. The van der Waals surface area contributed by atoms with Crippen molar-refractivity contribution in [3.63, 3.8) is 0 Å². The summed E-state index contributed by atoms with van der Waals surface area (Å²) < 4.78 is 63.4. The molecular formula is C20H24F4N4O4. The third-order valence-corrected chi connectivity index (χ3v) is 6.19. The van der Waals surface area contributed by atoms with Crippen LogP contribution in [0.1, 0.15) is 30.9 Å². The number of ether oxygens (including phenoxy) is 2. The summed E-state index contributed by atoms with van der Waals surface area (Å²) >= 11 is 0. The van der Waals surface area contributed by atoms with Crippen molar-refractivity contribution >= 4 is 16.6 Å². The first-order valence-electron chi connectivity index (χ1n) is 10.3. The summed E-state index contributed by atoms with van der Waals surface area (Å²) in [5.74, 6) is -0.997. The summed E-state index contributed by atoms with van der Waals surface area (Å²) in [7, 11) is 1.33. The fourth-order valence-corrected chi connectivity index (χ4v) is 4.44. The Labute approximate surface area is 179 Å². The van der Waals surface area contributed by atoms with Gasteiger partial charge in [-0.2, -0.15) is 0 Å². The van der Waals surface area contributed by atoms with E-state index >= 15 is 4.39 Å². The molecule has 12 heteroatoms. The summed E-state index contributed by atoms with van der Waals surface area (Å²) in [6.07, 6.45) is -2.86. The van der Waals surface area contributed by atoms with Crippen molar-refractivity contribution in [3.8, 4) is 5.75 Å². The van der Waals surface area contributed by atoms with Gasteiger partial charge in [-0.1, -0.05) is 0 Å². The number of rotatable bonds is 6. The second kappa shape index (κ2) is 8.07. The molecule has 4 rings (SSSR count). The van der Waals surface area contributed by atoms with Crippen LogP contribution < -0.4 is 26.6 Å². The predicted octanol–water partition coefficient (Wildman–Crippen LogP) is 2.17. The van der Waals surface area contributed by atoms with Gasteiger partial charge in [0.05, 0.1) is 19.1 Å². The number of alkyl halides is 3. The van der Waals surface area contributed by atoms with Gasteiger partial charge in [-0.25, -0.2) is 9.18 Å². The zero-order valence-electron chi connectivity index (χ0n) is 17.6. The lowest BCUT2D eigenvalue weighted by Crippen LogP contribution is -2.38. The molecule has 2 atom stereocenters. The van der Waals surface area contributed by atoms with Crippen molar-refractivity contribution in [2.75, 3.05) is 31.7 Å². The molecule has 1 aromatic carbocycles. The Kier molecular flexibility index (Phi) is 5.70. The highest BCUT2D eigenvalue weighted by atomic mass is 19.4. The average Bonchev–Trinajstić information content (AvgIpc) is 3.43. The first kappa shape index (κ1) is 22.6. The fraction of sp³-hybridized carbons (Fsp3) is 0.600. The molecule has 2 unspecified atom stereocenters. The Morgan fingerprint density at radius 1 is 1.25 bits per heavy atom. The molecule has 0 amide bonds. The van der Waals surface area contributed by atoms with Crippen LogP contribution in [0.2, 0.25) is 0 Å². The molecule has 1 aliphatic carbocycles. The van der Waals surface area contributed by atoms with Crippen LogP contribution in [-0.2, 0) is 4.74 Å². The largest absolute Gasteiger partial charge is 0.522 e. The maximum atomic E-state index is 15.5. The summed E-state index contributed by atoms with van der Waals surface area (Å²) in [5.41, 5.74) is 4.98. The third kappa shape index (κ3) is 3.96. The number of hydrogen-bond donors (Lipinski definition) is 2. The Balaban J connectivity index is 1.77. The maximum Gasteiger partial charge on any atom is 0.522 e. The number of halogens is 4. The molecule has 1 saturated heterocycles. The molecule has 0 radical (unpaired) electrons. The smallest absolute Gasteiger partial charge is 0.492 e. The molecule has 32 heavy (non-hydrogen) atoms. The van der Waals surface area contributed by atoms with Crippen molar-refractivity contribution in [3.05, 3.63) is 32.2 Å². The number of aryl methyl sites for hydroxylation is 1. The van der Waals surface area contributed by atoms with E-state index in [0.29, 0.717) is 13.0 Å². The second-order valence-corrected chi connectivity index (χ2v) is 8.32. The maximum absolute atomic E-state index is 15.5. The van der Waals surface area contributed by atoms with Crippen LogP contribution in [0.25, 0.3) is 10.9 Å². The van der Waals surface area contributed by atoms with Crippen LogP contribution in [0.5, 0.6) is 5.75 Å². The van der Waals surface area contributed by atoms with Gasteiger partial charge < -0.3 is 15.4 Å². The van der Waals surface area contributed by atoms with E-state index in [9.17, 15) is 22.8 Å². The first-order chi connectivity index (χ1) is 15.0. The van der Waals surface area contributed by atoms with Crippen LogP contribution in [0.15, 0.2) is 9.59 Å². The number of methoxy groups -OCH3 is 1. The van der Waals surface area contributed by atoms with Crippen molar-refractivity contribution < 1.29 is 27.0 Å². The van der Waals surface area contributed by atoms with Crippen LogP contribution >= 0.6 is 0 Å². The lowest BCUT2D eigenvalue weighted by molar-refractivity contribution is -0.326. The van der Waals surface area contributed by atoms with Gasteiger partial charge in [-0.15, -0.1) is 13.2 Å². The number of hydrogen-bond acceptors (Lipinski definition) is 6. The van der Waals surface area contributed by atoms with E-state index in [1.165, 1.54) is 18.6 Å². The number of benzene rings is 1. The van der Waals surface area contributed by atoms with Gasteiger partial charge >= 0.3 is 12.1 Å². The number of H-pyrrole nitrogens is 1. The molecule has 0 bridgehead atoms. The van der Waals surface area contributed by atoms with Crippen LogP contribution in [0.3, 0.4) is 0 Å².